The van der Waals surface area contributed by atoms with Crippen LogP contribution >= 0.6 is 11.6 Å². The first-order valence-corrected chi connectivity index (χ1v) is 2.87. The van der Waals surface area contributed by atoms with Crippen LogP contribution in [0.4, 0.5) is 0 Å². The molecule has 0 saturated carbocycles. The van der Waals surface area contributed by atoms with Gasteiger partial charge in [0.2, 0.25) is 0 Å². The second kappa shape index (κ2) is 7.23. The molecule has 1 rings (SSSR count). The van der Waals surface area contributed by atoms with E-state index in [1.165, 1.54) is 0 Å². The van der Waals surface area contributed by atoms with Gasteiger partial charge < -0.3 is 4.70 Å². The Kier molecular flexibility index (Phi) is 9.27. The summed E-state index contributed by atoms with van der Waals surface area (Å²) < 4.78 is 0. The number of nitriles is 1. The molecule has 0 fully saturated rings. The average molecular weight is 196 g/mol. The van der Waals surface area contributed by atoms with Crippen molar-refractivity contribution in [2.45, 2.75) is 0 Å². The minimum absolute atomic E-state index is 0. The summed E-state index contributed by atoms with van der Waals surface area (Å²) in [6.45, 7) is 0. The molecule has 0 spiro atoms. The number of hydrogen-bond donors (Lipinski definition) is 0. The maximum Gasteiger partial charge on any atom is 1.00 e. The van der Waals surface area contributed by atoms with Crippen LogP contribution in [0.15, 0.2) is 24.3 Å². The van der Waals surface area contributed by atoms with E-state index < -0.39 is 0 Å². The fourth-order valence-electron chi connectivity index (χ4n) is 0.552. The molecule has 0 aliphatic rings. The van der Waals surface area contributed by atoms with E-state index in [1.54, 1.807) is 24.3 Å². The molecule has 0 aliphatic heterocycles. The zero-order valence-electron chi connectivity index (χ0n) is 6.01. The standard InChI is InChI=1S/C7H4ClN.FH.K/c8-7-4-2-1-3-6(7)5-9;;/h1-4H;1H;/q;;+1/p-1. The molecule has 0 aromatic heterocycles. The molecule has 52 valence electrons. The summed E-state index contributed by atoms with van der Waals surface area (Å²) in [5.41, 5.74) is 0.527. The average Bonchev–Trinajstić information content (AvgIpc) is 1.89. The first kappa shape index (κ1) is 14.1. The molecule has 0 unspecified atom stereocenters. The molecule has 0 aliphatic carbocycles. The van der Waals surface area contributed by atoms with Crippen molar-refractivity contribution < 1.29 is 56.1 Å². The van der Waals surface area contributed by atoms with Gasteiger partial charge in [0.25, 0.3) is 0 Å². The summed E-state index contributed by atoms with van der Waals surface area (Å²) in [6.07, 6.45) is 0. The predicted octanol–water partition coefficient (Wildman–Crippen LogP) is -3.78. The van der Waals surface area contributed by atoms with Crippen molar-refractivity contribution >= 4 is 11.6 Å². The van der Waals surface area contributed by atoms with E-state index in [2.05, 4.69) is 0 Å². The van der Waals surface area contributed by atoms with Gasteiger partial charge in [-0.1, -0.05) is 23.7 Å². The maximum atomic E-state index is 8.38. The minimum Gasteiger partial charge on any atom is -1.00 e. The van der Waals surface area contributed by atoms with Gasteiger partial charge in [0, 0.05) is 0 Å². The number of nitrogens with zero attached hydrogens (tertiary/aromatic N) is 1. The van der Waals surface area contributed by atoms with Gasteiger partial charge >= 0.3 is 51.4 Å². The van der Waals surface area contributed by atoms with Crippen molar-refractivity contribution in [3.05, 3.63) is 34.9 Å². The Morgan fingerprint density at radius 3 is 2.18 bits per heavy atom. The Bertz CT molecular complexity index is 259. The molecule has 11 heavy (non-hydrogen) atoms. The molecule has 1 aromatic carbocycles. The first-order valence-electron chi connectivity index (χ1n) is 2.49. The van der Waals surface area contributed by atoms with E-state index in [-0.39, 0.29) is 56.1 Å². The van der Waals surface area contributed by atoms with Crippen molar-refractivity contribution in [2.75, 3.05) is 0 Å². The molecule has 1 aromatic rings. The summed E-state index contributed by atoms with van der Waals surface area (Å²) in [7, 11) is 0. The van der Waals surface area contributed by atoms with Crippen LogP contribution in [-0.2, 0) is 0 Å². The van der Waals surface area contributed by atoms with Gasteiger partial charge in [-0.2, -0.15) is 5.26 Å². The Morgan fingerprint density at radius 2 is 1.82 bits per heavy atom. The van der Waals surface area contributed by atoms with Gasteiger partial charge in [-0.3, -0.25) is 0 Å². The maximum absolute atomic E-state index is 8.38. The van der Waals surface area contributed by atoms with Crippen molar-refractivity contribution in [2.24, 2.45) is 0 Å². The summed E-state index contributed by atoms with van der Waals surface area (Å²) in [5.74, 6) is 0. The molecule has 4 heteroatoms. The van der Waals surface area contributed by atoms with Gasteiger partial charge in [-0.25, -0.2) is 0 Å². The molecular weight excluding hydrogens is 192 g/mol. The molecule has 0 atom stereocenters. The molecule has 0 heterocycles. The van der Waals surface area contributed by atoms with Gasteiger partial charge in [-0.15, -0.1) is 0 Å². The van der Waals surface area contributed by atoms with Crippen LogP contribution in [0.1, 0.15) is 5.56 Å². The summed E-state index contributed by atoms with van der Waals surface area (Å²) in [4.78, 5) is 0. The van der Waals surface area contributed by atoms with E-state index in [1.807, 2.05) is 6.07 Å². The second-order valence-corrected chi connectivity index (χ2v) is 2.00. The molecule has 1 nitrogen and oxygen atoms in total. The fraction of sp³-hybridized carbons (Fsp3) is 0. The topological polar surface area (TPSA) is 23.8 Å². The normalized spacial score (nSPS) is 6.91. The predicted molar refractivity (Wildman–Crippen MR) is 36.2 cm³/mol. The van der Waals surface area contributed by atoms with Crippen molar-refractivity contribution in [1.29, 1.82) is 5.26 Å². The van der Waals surface area contributed by atoms with Gasteiger partial charge in [-0.05, 0) is 12.1 Å². The van der Waals surface area contributed by atoms with Gasteiger partial charge in [0.1, 0.15) is 6.07 Å². The van der Waals surface area contributed by atoms with E-state index >= 15 is 0 Å². The van der Waals surface area contributed by atoms with Gasteiger partial charge in [0.15, 0.2) is 0 Å². The van der Waals surface area contributed by atoms with Crippen molar-refractivity contribution in [3.63, 3.8) is 0 Å². The molecule has 0 radical (unpaired) electrons. The quantitative estimate of drug-likeness (QED) is 0.390. The van der Waals surface area contributed by atoms with Crippen LogP contribution < -0.4 is 56.1 Å². The zero-order valence-corrected chi connectivity index (χ0v) is 9.89. The van der Waals surface area contributed by atoms with Crippen molar-refractivity contribution in [3.8, 4) is 6.07 Å². The van der Waals surface area contributed by atoms with E-state index in [0.717, 1.165) is 0 Å². The molecule has 0 amide bonds. The van der Waals surface area contributed by atoms with E-state index in [9.17, 15) is 0 Å². The van der Waals surface area contributed by atoms with Gasteiger partial charge in [0.05, 0.1) is 10.6 Å². The van der Waals surface area contributed by atoms with Crippen LogP contribution in [0.2, 0.25) is 5.02 Å². The minimum atomic E-state index is 0. The zero-order chi connectivity index (χ0) is 6.69. The van der Waals surface area contributed by atoms with Crippen LogP contribution in [0.5, 0.6) is 0 Å². The molecule has 0 N–H and O–H groups in total. The Hall–Kier alpha value is 0.566. The van der Waals surface area contributed by atoms with Crippen LogP contribution in [-0.4, -0.2) is 0 Å². The Balaban J connectivity index is 0. The third kappa shape index (κ3) is 4.21. The SMILES string of the molecule is N#Cc1ccccc1Cl.[F-].[K+]. The van der Waals surface area contributed by atoms with Crippen LogP contribution in [0.25, 0.3) is 0 Å². The summed E-state index contributed by atoms with van der Waals surface area (Å²) >= 11 is 5.60. The number of hydrogen-bond acceptors (Lipinski definition) is 1. The third-order valence-electron chi connectivity index (χ3n) is 0.994. The van der Waals surface area contributed by atoms with Crippen LogP contribution in [0, 0.1) is 11.3 Å². The molecular formula is C7H4ClFKN. The fourth-order valence-corrected chi connectivity index (χ4v) is 0.730. The Morgan fingerprint density at radius 1 is 1.27 bits per heavy atom. The Labute approximate surface area is 112 Å². The third-order valence-corrected chi connectivity index (χ3v) is 1.32. The van der Waals surface area contributed by atoms with Crippen LogP contribution in [0.3, 0.4) is 0 Å². The molecule has 0 bridgehead atoms. The second-order valence-electron chi connectivity index (χ2n) is 1.59. The number of halogens is 2. The van der Waals surface area contributed by atoms with E-state index in [4.69, 9.17) is 16.9 Å². The number of benzene rings is 1. The smallest absolute Gasteiger partial charge is 1.00 e. The largest absolute Gasteiger partial charge is 1.00 e. The summed E-state index contributed by atoms with van der Waals surface area (Å²) in [5, 5.41) is 8.90. The van der Waals surface area contributed by atoms with E-state index in [0.29, 0.717) is 10.6 Å². The number of rotatable bonds is 0. The molecule has 0 saturated heterocycles. The summed E-state index contributed by atoms with van der Waals surface area (Å²) in [6, 6.07) is 8.92. The monoisotopic (exact) mass is 195 g/mol. The first-order chi connectivity index (χ1) is 4.34. The van der Waals surface area contributed by atoms with Crippen molar-refractivity contribution in [1.82, 2.24) is 0 Å².